The Morgan fingerprint density at radius 1 is 1.29 bits per heavy atom. The number of hydrogen-bond donors (Lipinski definition) is 1. The van der Waals surface area contributed by atoms with Gasteiger partial charge in [0, 0.05) is 31.9 Å². The van der Waals surface area contributed by atoms with Gasteiger partial charge >= 0.3 is 0 Å². The van der Waals surface area contributed by atoms with Gasteiger partial charge in [-0.05, 0) is 37.7 Å². The molecule has 1 heterocycles. The fourth-order valence-electron chi connectivity index (χ4n) is 2.51. The van der Waals surface area contributed by atoms with E-state index < -0.39 is 0 Å². The molecule has 0 aliphatic carbocycles. The Labute approximate surface area is 126 Å². The molecule has 5 heteroatoms. The second-order valence-corrected chi connectivity index (χ2v) is 5.32. The molecule has 1 N–H and O–H groups in total. The molecule has 1 amide bonds. The van der Waals surface area contributed by atoms with Crippen LogP contribution in [0.5, 0.6) is 0 Å². The average Bonchev–Trinajstić information content (AvgIpc) is 2.55. The summed E-state index contributed by atoms with van der Waals surface area (Å²) in [7, 11) is 0. The van der Waals surface area contributed by atoms with E-state index in [0.29, 0.717) is 5.56 Å². The Morgan fingerprint density at radius 2 is 1.90 bits per heavy atom. The van der Waals surface area contributed by atoms with Crippen LogP contribution in [-0.4, -0.2) is 54.5 Å². The first kappa shape index (κ1) is 15.5. The SMILES string of the molecule is CCN1CCN(C(C)C(=O)Nc2ccc(C#N)cc2)CC1. The molecule has 1 unspecified atom stereocenters. The van der Waals surface area contributed by atoms with Gasteiger partial charge in [0.05, 0.1) is 17.7 Å². The van der Waals surface area contributed by atoms with Crippen LogP contribution >= 0.6 is 0 Å². The van der Waals surface area contributed by atoms with Gasteiger partial charge in [-0.2, -0.15) is 5.26 Å². The Hall–Kier alpha value is -1.90. The lowest BCUT2D eigenvalue weighted by Crippen LogP contribution is -2.52. The lowest BCUT2D eigenvalue weighted by atomic mass is 10.2. The summed E-state index contributed by atoms with van der Waals surface area (Å²) >= 11 is 0. The Morgan fingerprint density at radius 3 is 2.43 bits per heavy atom. The summed E-state index contributed by atoms with van der Waals surface area (Å²) in [4.78, 5) is 16.9. The topological polar surface area (TPSA) is 59.4 Å². The fraction of sp³-hybridized carbons (Fsp3) is 0.500. The maximum atomic E-state index is 12.3. The third-order valence-electron chi connectivity index (χ3n) is 4.06. The van der Waals surface area contributed by atoms with Gasteiger partial charge in [-0.15, -0.1) is 0 Å². The lowest BCUT2D eigenvalue weighted by molar-refractivity contribution is -0.121. The van der Waals surface area contributed by atoms with Crippen molar-refractivity contribution in [3.05, 3.63) is 29.8 Å². The second-order valence-electron chi connectivity index (χ2n) is 5.32. The summed E-state index contributed by atoms with van der Waals surface area (Å²) in [5.41, 5.74) is 1.33. The largest absolute Gasteiger partial charge is 0.325 e. The smallest absolute Gasteiger partial charge is 0.241 e. The Bertz CT molecular complexity index is 512. The first-order valence-electron chi connectivity index (χ1n) is 7.41. The zero-order chi connectivity index (χ0) is 15.2. The van der Waals surface area contributed by atoms with E-state index >= 15 is 0 Å². The van der Waals surface area contributed by atoms with E-state index in [1.165, 1.54) is 0 Å². The number of carbonyl (C=O) groups excluding carboxylic acids is 1. The summed E-state index contributed by atoms with van der Waals surface area (Å²) in [5, 5.41) is 11.7. The molecular formula is C16H22N4O. The molecule has 1 fully saturated rings. The van der Waals surface area contributed by atoms with Crippen molar-refractivity contribution in [2.45, 2.75) is 19.9 Å². The molecule has 0 bridgehead atoms. The van der Waals surface area contributed by atoms with Crippen LogP contribution < -0.4 is 5.32 Å². The number of amides is 1. The van der Waals surface area contributed by atoms with Crippen LogP contribution in [0, 0.1) is 11.3 Å². The van der Waals surface area contributed by atoms with E-state index in [2.05, 4.69) is 28.1 Å². The molecule has 1 aromatic rings. The number of anilines is 1. The average molecular weight is 286 g/mol. The number of likely N-dealkylation sites (N-methyl/N-ethyl adjacent to an activating group) is 1. The van der Waals surface area contributed by atoms with Crippen LogP contribution in [0.4, 0.5) is 5.69 Å². The van der Waals surface area contributed by atoms with Gasteiger partial charge in [-0.25, -0.2) is 0 Å². The second kappa shape index (κ2) is 7.21. The van der Waals surface area contributed by atoms with Crippen molar-refractivity contribution >= 4 is 11.6 Å². The zero-order valence-electron chi connectivity index (χ0n) is 12.7. The van der Waals surface area contributed by atoms with Crippen molar-refractivity contribution in [1.29, 1.82) is 5.26 Å². The molecule has 1 aromatic carbocycles. The number of benzene rings is 1. The number of piperazine rings is 1. The lowest BCUT2D eigenvalue weighted by Gasteiger charge is -2.36. The Balaban J connectivity index is 1.89. The van der Waals surface area contributed by atoms with Crippen molar-refractivity contribution in [2.24, 2.45) is 0 Å². The molecule has 0 saturated carbocycles. The number of hydrogen-bond acceptors (Lipinski definition) is 4. The van der Waals surface area contributed by atoms with Crippen LogP contribution in [-0.2, 0) is 4.79 Å². The van der Waals surface area contributed by atoms with Gasteiger partial charge in [-0.3, -0.25) is 9.69 Å². The van der Waals surface area contributed by atoms with E-state index in [4.69, 9.17) is 5.26 Å². The maximum Gasteiger partial charge on any atom is 0.241 e. The normalized spacial score (nSPS) is 18.0. The van der Waals surface area contributed by atoms with E-state index in [9.17, 15) is 4.79 Å². The van der Waals surface area contributed by atoms with Crippen molar-refractivity contribution < 1.29 is 4.79 Å². The van der Waals surface area contributed by atoms with E-state index in [1.807, 2.05) is 6.92 Å². The van der Waals surface area contributed by atoms with Gasteiger partial charge in [0.1, 0.15) is 0 Å². The van der Waals surface area contributed by atoms with Crippen LogP contribution in [0.3, 0.4) is 0 Å². The van der Waals surface area contributed by atoms with Gasteiger partial charge in [0.25, 0.3) is 0 Å². The minimum absolute atomic E-state index is 0.00431. The van der Waals surface area contributed by atoms with Gasteiger partial charge in [0.2, 0.25) is 5.91 Å². The molecule has 0 spiro atoms. The highest BCUT2D eigenvalue weighted by atomic mass is 16.2. The van der Waals surface area contributed by atoms with Crippen molar-refractivity contribution in [3.63, 3.8) is 0 Å². The Kier molecular flexibility index (Phi) is 5.32. The summed E-state index contributed by atoms with van der Waals surface area (Å²) < 4.78 is 0. The van der Waals surface area contributed by atoms with Crippen molar-refractivity contribution in [2.75, 3.05) is 38.0 Å². The molecule has 112 valence electrons. The number of nitrogens with zero attached hydrogens (tertiary/aromatic N) is 3. The molecule has 2 rings (SSSR count). The molecule has 1 atom stereocenters. The predicted octanol–water partition coefficient (Wildman–Crippen LogP) is 1.52. The summed E-state index contributed by atoms with van der Waals surface area (Å²) in [6.07, 6.45) is 0. The van der Waals surface area contributed by atoms with Crippen LogP contribution in [0.1, 0.15) is 19.4 Å². The standard InChI is InChI=1S/C16H22N4O/c1-3-19-8-10-20(11-9-19)13(2)16(21)18-15-6-4-14(12-17)5-7-15/h4-7,13H,3,8-11H2,1-2H3,(H,18,21). The van der Waals surface area contributed by atoms with Crippen LogP contribution in [0.15, 0.2) is 24.3 Å². The van der Waals surface area contributed by atoms with Crippen LogP contribution in [0.25, 0.3) is 0 Å². The highest BCUT2D eigenvalue weighted by molar-refractivity contribution is 5.94. The van der Waals surface area contributed by atoms with Gasteiger partial charge in [0.15, 0.2) is 0 Å². The fourth-order valence-corrected chi connectivity index (χ4v) is 2.51. The van der Waals surface area contributed by atoms with Crippen LogP contribution in [0.2, 0.25) is 0 Å². The number of nitriles is 1. The molecule has 1 saturated heterocycles. The summed E-state index contributed by atoms with van der Waals surface area (Å²) in [6, 6.07) is 8.87. The zero-order valence-corrected chi connectivity index (χ0v) is 12.7. The van der Waals surface area contributed by atoms with Gasteiger partial charge < -0.3 is 10.2 Å². The first-order chi connectivity index (χ1) is 10.1. The van der Waals surface area contributed by atoms with Crippen molar-refractivity contribution in [3.8, 4) is 6.07 Å². The highest BCUT2D eigenvalue weighted by Crippen LogP contribution is 2.12. The number of nitrogens with one attached hydrogen (secondary N) is 1. The highest BCUT2D eigenvalue weighted by Gasteiger charge is 2.24. The first-order valence-corrected chi connectivity index (χ1v) is 7.41. The molecule has 21 heavy (non-hydrogen) atoms. The molecule has 5 nitrogen and oxygen atoms in total. The third-order valence-corrected chi connectivity index (χ3v) is 4.06. The van der Waals surface area contributed by atoms with E-state index in [-0.39, 0.29) is 11.9 Å². The molecule has 1 aliphatic rings. The molecule has 0 aromatic heterocycles. The molecular weight excluding hydrogens is 264 g/mol. The quantitative estimate of drug-likeness (QED) is 0.912. The molecule has 1 aliphatic heterocycles. The van der Waals surface area contributed by atoms with Gasteiger partial charge in [-0.1, -0.05) is 6.92 Å². The summed E-state index contributed by atoms with van der Waals surface area (Å²) in [5.74, 6) is 0.00431. The monoisotopic (exact) mass is 286 g/mol. The van der Waals surface area contributed by atoms with E-state index in [0.717, 1.165) is 38.4 Å². The summed E-state index contributed by atoms with van der Waals surface area (Å²) in [6.45, 7) is 9.07. The molecule has 0 radical (unpaired) electrons. The maximum absolute atomic E-state index is 12.3. The van der Waals surface area contributed by atoms with Crippen molar-refractivity contribution in [1.82, 2.24) is 9.80 Å². The minimum atomic E-state index is -0.139. The van der Waals surface area contributed by atoms with E-state index in [1.54, 1.807) is 24.3 Å². The number of carbonyl (C=O) groups is 1. The third kappa shape index (κ3) is 4.03. The predicted molar refractivity (Wildman–Crippen MR) is 82.9 cm³/mol. The number of rotatable bonds is 4. The minimum Gasteiger partial charge on any atom is -0.325 e.